The second-order valence-corrected chi connectivity index (χ2v) is 3.26. The van der Waals surface area contributed by atoms with Crippen LogP contribution in [0.5, 0.6) is 5.75 Å². The molecule has 1 rings (SSSR count). The summed E-state index contributed by atoms with van der Waals surface area (Å²) >= 11 is 0. The van der Waals surface area contributed by atoms with Gasteiger partial charge in [-0.25, -0.2) is 0 Å². The number of nitrogens with two attached hydrogens (primary N) is 1. The number of hydrogen-bond acceptors (Lipinski definition) is 4. The Morgan fingerprint density at radius 2 is 2.06 bits per heavy atom. The Kier molecular flexibility index (Phi) is 4.38. The van der Waals surface area contributed by atoms with Crippen LogP contribution in [0.3, 0.4) is 0 Å². The van der Waals surface area contributed by atoms with Crippen LogP contribution in [0.15, 0.2) is 23.4 Å². The van der Waals surface area contributed by atoms with Crippen molar-refractivity contribution in [3.8, 4) is 5.75 Å². The summed E-state index contributed by atoms with van der Waals surface area (Å²) in [6.07, 6.45) is -4.66. The van der Waals surface area contributed by atoms with Crippen molar-refractivity contribution in [2.45, 2.75) is 6.18 Å². The summed E-state index contributed by atoms with van der Waals surface area (Å²) in [6, 6.07) is 2.99. The number of hydrogen-bond donors (Lipinski definition) is 3. The standard InChI is InChI=1S/C10H11F3N2O3/c11-10(12,13)8-5-6(18-4-3-16)1-2-7(8)9(14)15-17/h1-2,5,16-17H,3-4H2,(H2,14,15). The van der Waals surface area contributed by atoms with Gasteiger partial charge in [-0.15, -0.1) is 0 Å². The van der Waals surface area contributed by atoms with E-state index in [1.54, 1.807) is 0 Å². The fourth-order valence-corrected chi connectivity index (χ4v) is 1.29. The second kappa shape index (κ2) is 5.58. The molecule has 18 heavy (non-hydrogen) atoms. The monoisotopic (exact) mass is 264 g/mol. The van der Waals surface area contributed by atoms with E-state index in [9.17, 15) is 13.2 Å². The van der Waals surface area contributed by atoms with E-state index in [1.807, 2.05) is 0 Å². The van der Waals surface area contributed by atoms with E-state index < -0.39 is 23.1 Å². The molecule has 0 aromatic heterocycles. The van der Waals surface area contributed by atoms with E-state index in [-0.39, 0.29) is 19.0 Å². The first-order chi connectivity index (χ1) is 8.40. The normalized spacial score (nSPS) is 12.6. The maximum atomic E-state index is 12.8. The highest BCUT2D eigenvalue weighted by Crippen LogP contribution is 2.34. The lowest BCUT2D eigenvalue weighted by Gasteiger charge is -2.13. The molecule has 0 spiro atoms. The molecule has 0 amide bonds. The largest absolute Gasteiger partial charge is 0.491 e. The van der Waals surface area contributed by atoms with Crippen LogP contribution < -0.4 is 10.5 Å². The molecule has 0 aliphatic heterocycles. The van der Waals surface area contributed by atoms with Crippen LogP contribution in [0.1, 0.15) is 11.1 Å². The molecule has 0 radical (unpaired) electrons. The van der Waals surface area contributed by atoms with Crippen molar-refractivity contribution in [2.75, 3.05) is 13.2 Å². The van der Waals surface area contributed by atoms with Crippen LogP contribution in [-0.4, -0.2) is 29.4 Å². The molecule has 0 atom stereocenters. The number of benzene rings is 1. The van der Waals surface area contributed by atoms with Gasteiger partial charge in [-0.2, -0.15) is 13.2 Å². The van der Waals surface area contributed by atoms with Gasteiger partial charge in [0.1, 0.15) is 12.4 Å². The predicted octanol–water partition coefficient (Wildman–Crippen LogP) is 1.17. The highest BCUT2D eigenvalue weighted by atomic mass is 19.4. The van der Waals surface area contributed by atoms with Crippen molar-refractivity contribution in [1.82, 2.24) is 0 Å². The van der Waals surface area contributed by atoms with E-state index in [0.29, 0.717) is 0 Å². The molecule has 100 valence electrons. The lowest BCUT2D eigenvalue weighted by Crippen LogP contribution is -2.20. The lowest BCUT2D eigenvalue weighted by molar-refractivity contribution is -0.137. The molecule has 0 heterocycles. The second-order valence-electron chi connectivity index (χ2n) is 3.26. The van der Waals surface area contributed by atoms with Crippen molar-refractivity contribution in [3.63, 3.8) is 0 Å². The molecule has 4 N–H and O–H groups in total. The Hall–Kier alpha value is -1.96. The van der Waals surface area contributed by atoms with Crippen LogP contribution in [0, 0.1) is 0 Å². The van der Waals surface area contributed by atoms with Crippen molar-refractivity contribution in [3.05, 3.63) is 29.3 Å². The number of alkyl halides is 3. The minimum absolute atomic E-state index is 0.0640. The molecular formula is C10H11F3N2O3. The van der Waals surface area contributed by atoms with E-state index in [4.69, 9.17) is 20.8 Å². The molecule has 1 aromatic rings. The summed E-state index contributed by atoms with van der Waals surface area (Å²) in [5.41, 5.74) is 3.64. The van der Waals surface area contributed by atoms with Gasteiger partial charge in [-0.3, -0.25) is 0 Å². The summed E-state index contributed by atoms with van der Waals surface area (Å²) in [5, 5.41) is 19.5. The molecule has 8 heteroatoms. The maximum Gasteiger partial charge on any atom is 0.417 e. The van der Waals surface area contributed by atoms with E-state index in [1.165, 1.54) is 6.07 Å². The van der Waals surface area contributed by atoms with Gasteiger partial charge in [0.05, 0.1) is 12.2 Å². The number of aliphatic hydroxyl groups is 1. The first-order valence-electron chi connectivity index (χ1n) is 4.83. The van der Waals surface area contributed by atoms with Crippen molar-refractivity contribution >= 4 is 5.84 Å². The van der Waals surface area contributed by atoms with Crippen LogP contribution in [-0.2, 0) is 6.18 Å². The van der Waals surface area contributed by atoms with E-state index in [2.05, 4.69) is 5.16 Å². The summed E-state index contributed by atoms with van der Waals surface area (Å²) in [5.74, 6) is -0.707. The number of rotatable bonds is 4. The fraction of sp³-hybridized carbons (Fsp3) is 0.300. The van der Waals surface area contributed by atoms with Crippen LogP contribution in [0.4, 0.5) is 13.2 Å². The average molecular weight is 264 g/mol. The Morgan fingerprint density at radius 3 is 2.56 bits per heavy atom. The molecule has 0 bridgehead atoms. The van der Waals surface area contributed by atoms with Crippen LogP contribution in [0.25, 0.3) is 0 Å². The minimum Gasteiger partial charge on any atom is -0.491 e. The Bertz CT molecular complexity index is 446. The zero-order valence-corrected chi connectivity index (χ0v) is 9.11. The topological polar surface area (TPSA) is 88.1 Å². The third-order valence-corrected chi connectivity index (χ3v) is 2.04. The molecule has 0 fully saturated rings. The van der Waals surface area contributed by atoms with Gasteiger partial charge in [-0.1, -0.05) is 5.16 Å². The first-order valence-corrected chi connectivity index (χ1v) is 4.83. The van der Waals surface area contributed by atoms with Crippen LogP contribution in [0.2, 0.25) is 0 Å². The zero-order valence-electron chi connectivity index (χ0n) is 9.11. The van der Waals surface area contributed by atoms with E-state index >= 15 is 0 Å². The first kappa shape index (κ1) is 14.1. The number of amidine groups is 1. The smallest absolute Gasteiger partial charge is 0.417 e. The highest BCUT2D eigenvalue weighted by molar-refractivity contribution is 5.98. The Morgan fingerprint density at radius 1 is 1.39 bits per heavy atom. The van der Waals surface area contributed by atoms with E-state index in [0.717, 1.165) is 12.1 Å². The molecule has 0 aliphatic rings. The van der Waals surface area contributed by atoms with Gasteiger partial charge < -0.3 is 20.8 Å². The van der Waals surface area contributed by atoms with Gasteiger partial charge in [0.25, 0.3) is 0 Å². The van der Waals surface area contributed by atoms with Crippen molar-refractivity contribution in [1.29, 1.82) is 0 Å². The number of nitrogens with zero attached hydrogens (tertiary/aromatic N) is 1. The number of oxime groups is 1. The molecule has 0 unspecified atom stereocenters. The average Bonchev–Trinajstić information content (AvgIpc) is 2.34. The molecule has 5 nitrogen and oxygen atoms in total. The third-order valence-electron chi connectivity index (χ3n) is 2.04. The summed E-state index contributed by atoms with van der Waals surface area (Å²) in [4.78, 5) is 0. The minimum atomic E-state index is -4.66. The molecule has 1 aromatic carbocycles. The van der Waals surface area contributed by atoms with Crippen LogP contribution >= 0.6 is 0 Å². The van der Waals surface area contributed by atoms with Gasteiger partial charge in [0.2, 0.25) is 0 Å². The Labute approximate surface area is 100 Å². The molecule has 0 saturated carbocycles. The summed E-state index contributed by atoms with van der Waals surface area (Å²) in [6.45, 7) is -0.441. The predicted molar refractivity (Wildman–Crippen MR) is 56.5 cm³/mol. The molecule has 0 aliphatic carbocycles. The van der Waals surface area contributed by atoms with Gasteiger partial charge in [-0.05, 0) is 18.2 Å². The fourth-order valence-electron chi connectivity index (χ4n) is 1.29. The summed E-state index contributed by atoms with van der Waals surface area (Å²) < 4.78 is 43.1. The maximum absolute atomic E-state index is 12.8. The Balaban J connectivity index is 3.21. The van der Waals surface area contributed by atoms with Gasteiger partial charge >= 0.3 is 6.18 Å². The quantitative estimate of drug-likeness (QED) is 0.329. The molecule has 0 saturated heterocycles. The lowest BCUT2D eigenvalue weighted by atomic mass is 10.1. The number of ether oxygens (including phenoxy) is 1. The zero-order chi connectivity index (χ0) is 13.8. The molecular weight excluding hydrogens is 253 g/mol. The number of halogens is 3. The third kappa shape index (κ3) is 3.27. The van der Waals surface area contributed by atoms with Gasteiger partial charge in [0, 0.05) is 5.56 Å². The SMILES string of the molecule is N/C(=N\O)c1ccc(OCCO)cc1C(F)(F)F. The summed E-state index contributed by atoms with van der Waals surface area (Å²) in [7, 11) is 0. The number of aliphatic hydroxyl groups excluding tert-OH is 1. The van der Waals surface area contributed by atoms with Gasteiger partial charge in [0.15, 0.2) is 5.84 Å². The van der Waals surface area contributed by atoms with Crippen molar-refractivity contribution < 1.29 is 28.2 Å². The highest BCUT2D eigenvalue weighted by Gasteiger charge is 2.34. The van der Waals surface area contributed by atoms with Crippen molar-refractivity contribution in [2.24, 2.45) is 10.9 Å².